The highest BCUT2D eigenvalue weighted by Gasteiger charge is 2.32. The zero-order valence-corrected chi connectivity index (χ0v) is 20.1. The molecule has 2 N–H and O–H groups in total. The van der Waals surface area contributed by atoms with E-state index in [1.807, 2.05) is 32.0 Å². The first kappa shape index (κ1) is 25.6. The standard InChI is InChI=1S/C27H22F4N4O2/c1-15-5-4-6-16(2)23(15)34-25(36)18-7-10-20(11-8-18)33-26-32-14-17(3)24(35-26)19-9-12-22(21(28)13-19)37-27(29,30)31/h4-14H,1-3H3,(H,34,36)(H,32,33,35). The normalized spacial score (nSPS) is 11.2. The summed E-state index contributed by atoms with van der Waals surface area (Å²) in [5, 5.41) is 5.94. The Bertz CT molecular complexity index is 1430. The summed E-state index contributed by atoms with van der Waals surface area (Å²) >= 11 is 0. The second-order valence-electron chi connectivity index (χ2n) is 8.34. The van der Waals surface area contributed by atoms with Gasteiger partial charge in [0.2, 0.25) is 5.95 Å². The van der Waals surface area contributed by atoms with Crippen LogP contribution in [-0.4, -0.2) is 22.2 Å². The van der Waals surface area contributed by atoms with Crippen LogP contribution in [0.15, 0.2) is 66.9 Å². The summed E-state index contributed by atoms with van der Waals surface area (Å²) in [6, 6.07) is 15.5. The maximum Gasteiger partial charge on any atom is 0.573 e. The van der Waals surface area contributed by atoms with Gasteiger partial charge in [-0.15, -0.1) is 13.2 Å². The summed E-state index contributed by atoms with van der Waals surface area (Å²) in [5.74, 6) is -2.16. The molecule has 1 heterocycles. The van der Waals surface area contributed by atoms with Gasteiger partial charge in [0, 0.05) is 28.7 Å². The number of aryl methyl sites for hydroxylation is 3. The molecule has 0 aliphatic heterocycles. The van der Waals surface area contributed by atoms with Crippen LogP contribution in [0.2, 0.25) is 0 Å². The molecule has 190 valence electrons. The molecule has 0 saturated heterocycles. The van der Waals surface area contributed by atoms with Crippen LogP contribution in [0.25, 0.3) is 11.3 Å². The van der Waals surface area contributed by atoms with Crippen molar-refractivity contribution in [1.29, 1.82) is 0 Å². The van der Waals surface area contributed by atoms with Gasteiger partial charge in [-0.25, -0.2) is 14.4 Å². The third-order valence-corrected chi connectivity index (χ3v) is 5.53. The molecule has 3 aromatic carbocycles. The molecular formula is C27H22F4N4O2. The van der Waals surface area contributed by atoms with Gasteiger partial charge in [0.1, 0.15) is 0 Å². The second-order valence-corrected chi connectivity index (χ2v) is 8.34. The Morgan fingerprint density at radius 1 is 0.919 bits per heavy atom. The third-order valence-electron chi connectivity index (χ3n) is 5.53. The topological polar surface area (TPSA) is 76.1 Å². The number of hydrogen-bond donors (Lipinski definition) is 2. The first-order chi connectivity index (χ1) is 17.5. The molecule has 4 rings (SSSR count). The van der Waals surface area contributed by atoms with E-state index < -0.39 is 17.9 Å². The Labute approximate surface area is 210 Å². The number of para-hydroxylation sites is 1. The second kappa shape index (κ2) is 10.3. The molecule has 0 spiro atoms. The van der Waals surface area contributed by atoms with E-state index in [1.165, 1.54) is 12.3 Å². The third kappa shape index (κ3) is 6.21. The largest absolute Gasteiger partial charge is 0.573 e. The molecule has 4 aromatic rings. The lowest BCUT2D eigenvalue weighted by Crippen LogP contribution is -2.17. The fraction of sp³-hybridized carbons (Fsp3) is 0.148. The van der Waals surface area contributed by atoms with E-state index in [0.29, 0.717) is 22.5 Å². The van der Waals surface area contributed by atoms with Gasteiger partial charge in [0.25, 0.3) is 5.91 Å². The summed E-state index contributed by atoms with van der Waals surface area (Å²) in [5.41, 5.74) is 4.92. The summed E-state index contributed by atoms with van der Waals surface area (Å²) in [6.45, 7) is 5.54. The summed E-state index contributed by atoms with van der Waals surface area (Å²) in [4.78, 5) is 21.3. The number of benzene rings is 3. The maximum absolute atomic E-state index is 14.2. The van der Waals surface area contributed by atoms with Crippen LogP contribution in [0.3, 0.4) is 0 Å². The number of alkyl halides is 3. The minimum Gasteiger partial charge on any atom is -0.403 e. The SMILES string of the molecule is Cc1cnc(Nc2ccc(C(=O)Nc3c(C)cccc3C)cc2)nc1-c1ccc(OC(F)(F)F)c(F)c1. The van der Waals surface area contributed by atoms with Crippen LogP contribution in [0, 0.1) is 26.6 Å². The lowest BCUT2D eigenvalue weighted by molar-refractivity contribution is -0.275. The van der Waals surface area contributed by atoms with Crippen molar-refractivity contribution in [2.45, 2.75) is 27.1 Å². The van der Waals surface area contributed by atoms with Crippen molar-refractivity contribution in [1.82, 2.24) is 9.97 Å². The fourth-order valence-corrected chi connectivity index (χ4v) is 3.68. The van der Waals surface area contributed by atoms with Crippen LogP contribution in [-0.2, 0) is 0 Å². The zero-order valence-electron chi connectivity index (χ0n) is 20.1. The van der Waals surface area contributed by atoms with E-state index in [0.717, 1.165) is 28.9 Å². The fourth-order valence-electron chi connectivity index (χ4n) is 3.68. The number of carbonyl (C=O) groups is 1. The molecule has 0 aliphatic carbocycles. The van der Waals surface area contributed by atoms with E-state index >= 15 is 0 Å². The lowest BCUT2D eigenvalue weighted by atomic mass is 10.1. The summed E-state index contributed by atoms with van der Waals surface area (Å²) < 4.78 is 55.2. The first-order valence-corrected chi connectivity index (χ1v) is 11.1. The molecule has 0 fully saturated rings. The monoisotopic (exact) mass is 510 g/mol. The summed E-state index contributed by atoms with van der Waals surface area (Å²) in [7, 11) is 0. The minimum atomic E-state index is -5.00. The Hall–Kier alpha value is -4.47. The smallest absolute Gasteiger partial charge is 0.403 e. The number of nitrogens with one attached hydrogen (secondary N) is 2. The molecule has 37 heavy (non-hydrogen) atoms. The first-order valence-electron chi connectivity index (χ1n) is 11.1. The van der Waals surface area contributed by atoms with Crippen molar-refractivity contribution in [3.05, 3.63) is 94.9 Å². The number of amides is 1. The van der Waals surface area contributed by atoms with E-state index in [1.54, 1.807) is 31.2 Å². The van der Waals surface area contributed by atoms with Crippen molar-refractivity contribution in [3.8, 4) is 17.0 Å². The number of halogens is 4. The molecule has 6 nitrogen and oxygen atoms in total. The highest BCUT2D eigenvalue weighted by atomic mass is 19.4. The molecule has 0 atom stereocenters. The highest BCUT2D eigenvalue weighted by Crippen LogP contribution is 2.30. The molecule has 0 radical (unpaired) electrons. The maximum atomic E-state index is 14.2. The van der Waals surface area contributed by atoms with Crippen molar-refractivity contribution in [2.24, 2.45) is 0 Å². The van der Waals surface area contributed by atoms with Gasteiger partial charge in [-0.05, 0) is 79.9 Å². The molecule has 0 aliphatic rings. The van der Waals surface area contributed by atoms with Crippen molar-refractivity contribution < 1.29 is 27.1 Å². The van der Waals surface area contributed by atoms with Gasteiger partial charge in [-0.3, -0.25) is 4.79 Å². The van der Waals surface area contributed by atoms with Crippen LogP contribution in [0.5, 0.6) is 5.75 Å². The Morgan fingerprint density at radius 2 is 1.59 bits per heavy atom. The van der Waals surface area contributed by atoms with Gasteiger partial charge in [0.15, 0.2) is 11.6 Å². The number of anilines is 3. The molecule has 1 aromatic heterocycles. The van der Waals surface area contributed by atoms with E-state index in [2.05, 4.69) is 25.3 Å². The average molecular weight is 510 g/mol. The van der Waals surface area contributed by atoms with Crippen molar-refractivity contribution >= 4 is 23.2 Å². The van der Waals surface area contributed by atoms with E-state index in [4.69, 9.17) is 0 Å². The molecule has 10 heteroatoms. The van der Waals surface area contributed by atoms with E-state index in [9.17, 15) is 22.4 Å². The van der Waals surface area contributed by atoms with Crippen LogP contribution in [0.4, 0.5) is 34.9 Å². The number of carbonyl (C=O) groups excluding carboxylic acids is 1. The van der Waals surface area contributed by atoms with Gasteiger partial charge in [-0.2, -0.15) is 0 Å². The Balaban J connectivity index is 1.50. The van der Waals surface area contributed by atoms with Crippen LogP contribution in [0.1, 0.15) is 27.0 Å². The highest BCUT2D eigenvalue weighted by molar-refractivity contribution is 6.05. The van der Waals surface area contributed by atoms with Gasteiger partial charge in [0.05, 0.1) is 5.69 Å². The lowest BCUT2D eigenvalue weighted by Gasteiger charge is -2.13. The number of aromatic nitrogens is 2. The number of hydrogen-bond acceptors (Lipinski definition) is 5. The van der Waals surface area contributed by atoms with Crippen LogP contribution >= 0.6 is 0 Å². The predicted molar refractivity (Wildman–Crippen MR) is 132 cm³/mol. The number of rotatable bonds is 6. The minimum absolute atomic E-state index is 0.185. The number of nitrogens with zero attached hydrogens (tertiary/aromatic N) is 2. The Morgan fingerprint density at radius 3 is 2.22 bits per heavy atom. The van der Waals surface area contributed by atoms with Crippen LogP contribution < -0.4 is 15.4 Å². The number of ether oxygens (including phenoxy) is 1. The molecule has 0 unspecified atom stereocenters. The van der Waals surface area contributed by atoms with Gasteiger partial charge in [-0.1, -0.05) is 18.2 Å². The van der Waals surface area contributed by atoms with Gasteiger partial charge >= 0.3 is 6.36 Å². The van der Waals surface area contributed by atoms with Gasteiger partial charge < -0.3 is 15.4 Å². The van der Waals surface area contributed by atoms with Crippen molar-refractivity contribution in [2.75, 3.05) is 10.6 Å². The van der Waals surface area contributed by atoms with E-state index in [-0.39, 0.29) is 17.4 Å². The van der Waals surface area contributed by atoms with Crippen molar-refractivity contribution in [3.63, 3.8) is 0 Å². The predicted octanol–water partition coefficient (Wildman–Crippen LogP) is 7.10. The molecular weight excluding hydrogens is 488 g/mol. The summed E-state index contributed by atoms with van der Waals surface area (Å²) in [6.07, 6.45) is -3.49. The zero-order chi connectivity index (χ0) is 26.7. The Kier molecular flexibility index (Phi) is 7.10. The quantitative estimate of drug-likeness (QED) is 0.271. The molecule has 1 amide bonds. The average Bonchev–Trinajstić information content (AvgIpc) is 2.83. The molecule has 0 bridgehead atoms. The molecule has 0 saturated carbocycles.